The molecule has 0 atom stereocenters. The summed E-state index contributed by atoms with van der Waals surface area (Å²) in [6.07, 6.45) is 0. The second-order valence-corrected chi connectivity index (χ2v) is 6.98. The van der Waals surface area contributed by atoms with Gasteiger partial charge in [-0.25, -0.2) is 10.8 Å². The Balaban J connectivity index is 1.60. The van der Waals surface area contributed by atoms with Crippen LogP contribution in [0, 0.1) is 0 Å². The molecule has 144 valence electrons. The first-order valence-electron chi connectivity index (χ1n) is 9.17. The molecule has 28 heavy (non-hydrogen) atoms. The SMILES string of the molecule is CN1CCN(C(=O)c2ccc(-c3ccc4nc(N)nc(NN)c4c3)cc2)CC1. The summed E-state index contributed by atoms with van der Waals surface area (Å²) in [5.41, 5.74) is 11.7. The van der Waals surface area contributed by atoms with E-state index in [1.54, 1.807) is 0 Å². The number of nitrogens with zero attached hydrogens (tertiary/aromatic N) is 4. The lowest BCUT2D eigenvalue weighted by Gasteiger charge is -2.32. The molecule has 8 nitrogen and oxygen atoms in total. The Morgan fingerprint density at radius 2 is 1.68 bits per heavy atom. The van der Waals surface area contributed by atoms with Crippen LogP contribution in [0.2, 0.25) is 0 Å². The first-order chi connectivity index (χ1) is 13.5. The first-order valence-corrected chi connectivity index (χ1v) is 9.17. The molecule has 4 rings (SSSR count). The van der Waals surface area contributed by atoms with Crippen molar-refractivity contribution >= 4 is 28.6 Å². The highest BCUT2D eigenvalue weighted by atomic mass is 16.2. The quantitative estimate of drug-likeness (QED) is 0.469. The summed E-state index contributed by atoms with van der Waals surface area (Å²) in [4.78, 5) is 25.2. The van der Waals surface area contributed by atoms with E-state index in [-0.39, 0.29) is 11.9 Å². The van der Waals surface area contributed by atoms with E-state index in [0.29, 0.717) is 16.9 Å². The molecule has 1 saturated heterocycles. The Kier molecular flexibility index (Phi) is 4.81. The van der Waals surface area contributed by atoms with Crippen LogP contribution < -0.4 is 17.0 Å². The molecule has 1 aliphatic rings. The number of benzene rings is 2. The van der Waals surface area contributed by atoms with Crippen LogP contribution in [-0.2, 0) is 0 Å². The van der Waals surface area contributed by atoms with E-state index in [2.05, 4.69) is 27.3 Å². The van der Waals surface area contributed by atoms with E-state index >= 15 is 0 Å². The maximum atomic E-state index is 12.7. The highest BCUT2D eigenvalue weighted by Gasteiger charge is 2.20. The van der Waals surface area contributed by atoms with Crippen molar-refractivity contribution in [3.05, 3.63) is 48.0 Å². The zero-order valence-corrected chi connectivity index (χ0v) is 15.7. The summed E-state index contributed by atoms with van der Waals surface area (Å²) in [5, 5.41) is 0.784. The monoisotopic (exact) mass is 377 g/mol. The third kappa shape index (κ3) is 3.47. The van der Waals surface area contributed by atoms with Crippen LogP contribution >= 0.6 is 0 Å². The van der Waals surface area contributed by atoms with E-state index < -0.39 is 0 Å². The van der Waals surface area contributed by atoms with Gasteiger partial charge < -0.3 is 21.0 Å². The van der Waals surface area contributed by atoms with Crippen molar-refractivity contribution < 1.29 is 4.79 Å². The molecule has 0 unspecified atom stereocenters. The van der Waals surface area contributed by atoms with E-state index in [0.717, 1.165) is 42.7 Å². The number of nitrogen functional groups attached to an aromatic ring is 2. The number of amides is 1. The van der Waals surface area contributed by atoms with E-state index in [9.17, 15) is 4.79 Å². The number of likely N-dealkylation sites (N-methyl/N-ethyl adjacent to an activating group) is 1. The fourth-order valence-corrected chi connectivity index (χ4v) is 3.43. The van der Waals surface area contributed by atoms with Crippen LogP contribution in [0.5, 0.6) is 0 Å². The average molecular weight is 377 g/mol. The topological polar surface area (TPSA) is 113 Å². The van der Waals surface area contributed by atoms with E-state index in [4.69, 9.17) is 11.6 Å². The van der Waals surface area contributed by atoms with Crippen molar-refractivity contribution in [2.24, 2.45) is 5.84 Å². The number of nitrogens with one attached hydrogen (secondary N) is 1. The normalized spacial score (nSPS) is 15.0. The zero-order chi connectivity index (χ0) is 19.7. The molecule has 0 saturated carbocycles. The summed E-state index contributed by atoms with van der Waals surface area (Å²) in [6, 6.07) is 13.5. The lowest BCUT2D eigenvalue weighted by Crippen LogP contribution is -2.47. The highest BCUT2D eigenvalue weighted by molar-refractivity contribution is 5.96. The number of hydrogen-bond donors (Lipinski definition) is 3. The highest BCUT2D eigenvalue weighted by Crippen LogP contribution is 2.28. The molecule has 2 heterocycles. The largest absolute Gasteiger partial charge is 0.368 e. The molecular weight excluding hydrogens is 354 g/mol. The third-order valence-electron chi connectivity index (χ3n) is 5.11. The zero-order valence-electron chi connectivity index (χ0n) is 15.7. The molecule has 1 aromatic heterocycles. The van der Waals surface area contributed by atoms with Gasteiger partial charge in [-0.1, -0.05) is 18.2 Å². The van der Waals surface area contributed by atoms with E-state index in [1.807, 2.05) is 47.4 Å². The summed E-state index contributed by atoms with van der Waals surface area (Å²) < 4.78 is 0. The number of aromatic nitrogens is 2. The molecule has 0 spiro atoms. The predicted molar refractivity (Wildman–Crippen MR) is 111 cm³/mol. The minimum atomic E-state index is 0.0802. The second-order valence-electron chi connectivity index (χ2n) is 6.98. The molecule has 3 aromatic rings. The van der Waals surface area contributed by atoms with Gasteiger partial charge in [0.25, 0.3) is 5.91 Å². The van der Waals surface area contributed by atoms with Crippen molar-refractivity contribution in [2.45, 2.75) is 0 Å². The van der Waals surface area contributed by atoms with Crippen LogP contribution in [0.1, 0.15) is 10.4 Å². The van der Waals surface area contributed by atoms with Gasteiger partial charge in [-0.3, -0.25) is 4.79 Å². The minimum Gasteiger partial charge on any atom is -0.368 e. The molecular formula is C20H23N7O. The smallest absolute Gasteiger partial charge is 0.253 e. The lowest BCUT2D eigenvalue weighted by molar-refractivity contribution is 0.0664. The van der Waals surface area contributed by atoms with Gasteiger partial charge in [0, 0.05) is 37.1 Å². The maximum Gasteiger partial charge on any atom is 0.253 e. The van der Waals surface area contributed by atoms with Gasteiger partial charge in [-0.15, -0.1) is 0 Å². The molecule has 0 aliphatic carbocycles. The van der Waals surface area contributed by atoms with Crippen LogP contribution in [-0.4, -0.2) is 58.9 Å². The molecule has 1 fully saturated rings. The van der Waals surface area contributed by atoms with Crippen molar-refractivity contribution in [3.8, 4) is 11.1 Å². The number of carbonyl (C=O) groups excluding carboxylic acids is 1. The lowest BCUT2D eigenvalue weighted by atomic mass is 10.0. The number of nitrogens with two attached hydrogens (primary N) is 2. The van der Waals surface area contributed by atoms with E-state index in [1.165, 1.54) is 0 Å². The summed E-state index contributed by atoms with van der Waals surface area (Å²) in [7, 11) is 2.07. The Bertz CT molecular complexity index is 1010. The maximum absolute atomic E-state index is 12.7. The molecule has 0 bridgehead atoms. The van der Waals surface area contributed by atoms with Crippen molar-refractivity contribution in [1.82, 2.24) is 19.8 Å². The van der Waals surface area contributed by atoms with Crippen LogP contribution in [0.3, 0.4) is 0 Å². The van der Waals surface area contributed by atoms with Crippen LogP contribution in [0.15, 0.2) is 42.5 Å². The number of carbonyl (C=O) groups is 1. The Labute approximate surface area is 163 Å². The summed E-state index contributed by atoms with van der Waals surface area (Å²) in [6.45, 7) is 3.34. The standard InChI is InChI=1S/C20H23N7O/c1-26-8-10-27(11-9-26)19(28)14-4-2-13(3-5-14)15-6-7-17-16(12-15)18(25-22)24-20(21)23-17/h2-7,12H,8-11,22H2,1H3,(H3,21,23,24,25). The van der Waals surface area contributed by atoms with Crippen molar-refractivity contribution in [1.29, 1.82) is 0 Å². The van der Waals surface area contributed by atoms with Gasteiger partial charge >= 0.3 is 0 Å². The van der Waals surface area contributed by atoms with Gasteiger partial charge in [0.1, 0.15) is 0 Å². The number of hydrazine groups is 1. The Morgan fingerprint density at radius 1 is 1.00 bits per heavy atom. The molecule has 8 heteroatoms. The number of hydrogen-bond acceptors (Lipinski definition) is 7. The van der Waals surface area contributed by atoms with Crippen LogP contribution in [0.25, 0.3) is 22.0 Å². The Morgan fingerprint density at radius 3 is 2.36 bits per heavy atom. The van der Waals surface area contributed by atoms with Gasteiger partial charge in [-0.05, 0) is 42.4 Å². The molecule has 2 aromatic carbocycles. The predicted octanol–water partition coefficient (Wildman–Crippen LogP) is 1.55. The fraction of sp³-hybridized carbons (Fsp3) is 0.250. The molecule has 1 aliphatic heterocycles. The van der Waals surface area contributed by atoms with Crippen LogP contribution in [0.4, 0.5) is 11.8 Å². The Hall–Kier alpha value is -3.23. The fourth-order valence-electron chi connectivity index (χ4n) is 3.43. The van der Waals surface area contributed by atoms with Gasteiger partial charge in [0.15, 0.2) is 5.82 Å². The average Bonchev–Trinajstić information content (AvgIpc) is 2.73. The second kappa shape index (κ2) is 7.41. The number of fused-ring (bicyclic) bond motifs is 1. The minimum absolute atomic E-state index is 0.0802. The molecule has 5 N–H and O–H groups in total. The van der Waals surface area contributed by atoms with Crippen molar-refractivity contribution in [3.63, 3.8) is 0 Å². The third-order valence-corrected chi connectivity index (χ3v) is 5.11. The molecule has 0 radical (unpaired) electrons. The number of rotatable bonds is 3. The first kappa shape index (κ1) is 18.1. The van der Waals surface area contributed by atoms with Crippen molar-refractivity contribution in [2.75, 3.05) is 44.4 Å². The van der Waals surface area contributed by atoms with Gasteiger partial charge in [-0.2, -0.15) is 4.98 Å². The number of anilines is 2. The summed E-state index contributed by atoms with van der Waals surface area (Å²) in [5.74, 6) is 6.29. The van der Waals surface area contributed by atoms with Gasteiger partial charge in [0.05, 0.1) is 5.52 Å². The molecule has 1 amide bonds. The van der Waals surface area contributed by atoms with Gasteiger partial charge in [0.2, 0.25) is 5.95 Å². The number of piperazine rings is 1. The summed E-state index contributed by atoms with van der Waals surface area (Å²) >= 11 is 0.